The number of fused-ring (bicyclic) bond motifs is 1. The van der Waals surface area contributed by atoms with E-state index >= 15 is 0 Å². The van der Waals surface area contributed by atoms with Crippen LogP contribution in [0.15, 0.2) is 42.6 Å². The first-order chi connectivity index (χ1) is 6.93. The van der Waals surface area contributed by atoms with Crippen molar-refractivity contribution < 1.29 is 0 Å². The van der Waals surface area contributed by atoms with Crippen molar-refractivity contribution >= 4 is 6.08 Å². The normalized spacial score (nSPS) is 13.1. The van der Waals surface area contributed by atoms with E-state index in [0.717, 1.165) is 18.1 Å². The zero-order valence-electron chi connectivity index (χ0n) is 7.72. The first-order valence-corrected chi connectivity index (χ1v) is 4.72. The fourth-order valence-electron chi connectivity index (χ4n) is 1.73. The van der Waals surface area contributed by atoms with Crippen molar-refractivity contribution in [1.29, 1.82) is 0 Å². The molecule has 0 saturated carbocycles. The fraction of sp³-hybridized carbons (Fsp3) is 0.0833. The molecule has 3 rings (SSSR count). The second-order valence-electron chi connectivity index (χ2n) is 3.41. The van der Waals surface area contributed by atoms with Crippen LogP contribution in [0.2, 0.25) is 0 Å². The number of nitrogens with zero attached hydrogens (tertiary/aromatic N) is 2. The Labute approximate surface area is 82.5 Å². The van der Waals surface area contributed by atoms with Crippen molar-refractivity contribution in [2.75, 3.05) is 0 Å². The highest BCUT2D eigenvalue weighted by molar-refractivity contribution is 5.61. The van der Waals surface area contributed by atoms with Crippen molar-refractivity contribution in [3.8, 4) is 11.3 Å². The van der Waals surface area contributed by atoms with Crippen molar-refractivity contribution in [3.05, 3.63) is 48.4 Å². The van der Waals surface area contributed by atoms with Gasteiger partial charge in [-0.05, 0) is 6.08 Å². The summed E-state index contributed by atoms with van der Waals surface area (Å²) in [6.45, 7) is 0.954. The molecule has 14 heavy (non-hydrogen) atoms. The molecule has 2 aromatic rings. The topological polar surface area (TPSA) is 17.8 Å². The van der Waals surface area contributed by atoms with Crippen LogP contribution in [0, 0.1) is 0 Å². The van der Waals surface area contributed by atoms with Crippen molar-refractivity contribution in [2.24, 2.45) is 0 Å². The maximum Gasteiger partial charge on any atom is 0.133 e. The third kappa shape index (κ3) is 1.08. The Morgan fingerprint density at radius 1 is 1.14 bits per heavy atom. The number of hydrogen-bond donors (Lipinski definition) is 0. The van der Waals surface area contributed by atoms with Gasteiger partial charge in [0.15, 0.2) is 0 Å². The highest BCUT2D eigenvalue weighted by atomic mass is 15.1. The molecule has 2 heterocycles. The first-order valence-electron chi connectivity index (χ1n) is 4.72. The van der Waals surface area contributed by atoms with Gasteiger partial charge < -0.3 is 4.57 Å². The summed E-state index contributed by atoms with van der Waals surface area (Å²) < 4.78 is 2.16. The summed E-state index contributed by atoms with van der Waals surface area (Å²) >= 11 is 0. The van der Waals surface area contributed by atoms with E-state index in [1.807, 2.05) is 18.2 Å². The van der Waals surface area contributed by atoms with Crippen LogP contribution in [0.1, 0.15) is 5.82 Å². The molecule has 1 aliphatic heterocycles. The molecule has 0 bridgehead atoms. The van der Waals surface area contributed by atoms with Crippen molar-refractivity contribution in [2.45, 2.75) is 6.54 Å². The summed E-state index contributed by atoms with van der Waals surface area (Å²) in [5.74, 6) is 1.06. The smallest absolute Gasteiger partial charge is 0.133 e. The van der Waals surface area contributed by atoms with Gasteiger partial charge in [-0.15, -0.1) is 0 Å². The van der Waals surface area contributed by atoms with E-state index in [2.05, 4.69) is 40.0 Å². The molecule has 0 atom stereocenters. The molecule has 2 nitrogen and oxygen atoms in total. The molecule has 0 unspecified atom stereocenters. The molecular formula is C12H10N2. The Bertz CT molecular complexity index is 480. The average Bonchev–Trinajstić information content (AvgIpc) is 2.78. The second kappa shape index (κ2) is 2.84. The maximum absolute atomic E-state index is 4.54. The summed E-state index contributed by atoms with van der Waals surface area (Å²) in [5.41, 5.74) is 2.24. The molecule has 0 aliphatic carbocycles. The number of benzene rings is 1. The Morgan fingerprint density at radius 3 is 2.79 bits per heavy atom. The third-order valence-corrected chi connectivity index (χ3v) is 2.45. The molecular weight excluding hydrogens is 172 g/mol. The maximum atomic E-state index is 4.54. The highest BCUT2D eigenvalue weighted by Gasteiger charge is 2.09. The van der Waals surface area contributed by atoms with Gasteiger partial charge in [-0.3, -0.25) is 0 Å². The van der Waals surface area contributed by atoms with Gasteiger partial charge >= 0.3 is 0 Å². The van der Waals surface area contributed by atoms with Crippen molar-refractivity contribution in [1.82, 2.24) is 9.55 Å². The van der Waals surface area contributed by atoms with Crippen LogP contribution in [0.3, 0.4) is 0 Å². The van der Waals surface area contributed by atoms with Crippen LogP contribution < -0.4 is 0 Å². The monoisotopic (exact) mass is 182 g/mol. The third-order valence-electron chi connectivity index (χ3n) is 2.45. The standard InChI is InChI=1S/C12H10N2/c1-2-5-10(6-3-1)11-9-14-8-4-7-12(14)13-11/h1-7,9H,8H2. The van der Waals surface area contributed by atoms with Crippen LogP contribution in [0.5, 0.6) is 0 Å². The SMILES string of the molecule is C1=Cc2nc(-c3ccccc3)cn2C1. The number of hydrogen-bond acceptors (Lipinski definition) is 1. The van der Waals surface area contributed by atoms with Gasteiger partial charge in [0, 0.05) is 18.3 Å². The summed E-state index contributed by atoms with van der Waals surface area (Å²) in [6, 6.07) is 10.3. The van der Waals surface area contributed by atoms with Gasteiger partial charge in [-0.1, -0.05) is 36.4 Å². The van der Waals surface area contributed by atoms with Crippen LogP contribution in [0.4, 0.5) is 0 Å². The minimum atomic E-state index is 0.954. The van der Waals surface area contributed by atoms with Crippen LogP contribution >= 0.6 is 0 Å². The second-order valence-corrected chi connectivity index (χ2v) is 3.41. The van der Waals surface area contributed by atoms with Gasteiger partial charge in [0.1, 0.15) is 5.82 Å². The van der Waals surface area contributed by atoms with Crippen molar-refractivity contribution in [3.63, 3.8) is 0 Å². The molecule has 2 heteroatoms. The van der Waals surface area contributed by atoms with Gasteiger partial charge in [-0.2, -0.15) is 0 Å². The van der Waals surface area contributed by atoms with Gasteiger partial charge in [0.25, 0.3) is 0 Å². The zero-order chi connectivity index (χ0) is 9.38. The molecule has 0 saturated heterocycles. The largest absolute Gasteiger partial charge is 0.327 e. The lowest BCUT2D eigenvalue weighted by Crippen LogP contribution is -1.88. The van der Waals surface area contributed by atoms with E-state index < -0.39 is 0 Å². The summed E-state index contributed by atoms with van der Waals surface area (Å²) in [6.07, 6.45) is 6.29. The molecule has 0 N–H and O–H groups in total. The number of imidazole rings is 1. The van der Waals surface area contributed by atoms with E-state index in [1.165, 1.54) is 5.56 Å². The van der Waals surface area contributed by atoms with E-state index in [-0.39, 0.29) is 0 Å². The number of aromatic nitrogens is 2. The predicted octanol–water partition coefficient (Wildman–Crippen LogP) is 2.58. The average molecular weight is 182 g/mol. The lowest BCUT2D eigenvalue weighted by molar-refractivity contribution is 0.837. The van der Waals surface area contributed by atoms with E-state index in [9.17, 15) is 0 Å². The highest BCUT2D eigenvalue weighted by Crippen LogP contribution is 2.21. The van der Waals surface area contributed by atoms with Crippen LogP contribution in [-0.2, 0) is 6.54 Å². The van der Waals surface area contributed by atoms with E-state index in [4.69, 9.17) is 0 Å². The summed E-state index contributed by atoms with van der Waals surface area (Å²) in [5, 5.41) is 0. The molecule has 0 fully saturated rings. The minimum absolute atomic E-state index is 0.954. The molecule has 1 aliphatic rings. The Balaban J connectivity index is 2.10. The van der Waals surface area contributed by atoms with E-state index in [1.54, 1.807) is 0 Å². The molecule has 1 aromatic heterocycles. The van der Waals surface area contributed by atoms with Gasteiger partial charge in [0.05, 0.1) is 5.69 Å². The lowest BCUT2D eigenvalue weighted by atomic mass is 10.2. The molecule has 0 spiro atoms. The number of allylic oxidation sites excluding steroid dienone is 1. The Hall–Kier alpha value is -1.83. The Morgan fingerprint density at radius 2 is 2.00 bits per heavy atom. The summed E-state index contributed by atoms with van der Waals surface area (Å²) in [4.78, 5) is 4.54. The quantitative estimate of drug-likeness (QED) is 0.662. The number of rotatable bonds is 1. The molecule has 0 amide bonds. The van der Waals surface area contributed by atoms with Gasteiger partial charge in [-0.25, -0.2) is 4.98 Å². The lowest BCUT2D eigenvalue weighted by Gasteiger charge is -1.94. The molecule has 68 valence electrons. The minimum Gasteiger partial charge on any atom is -0.327 e. The summed E-state index contributed by atoms with van der Waals surface area (Å²) in [7, 11) is 0. The molecule has 1 aromatic carbocycles. The van der Waals surface area contributed by atoms with Gasteiger partial charge in [0.2, 0.25) is 0 Å². The zero-order valence-corrected chi connectivity index (χ0v) is 7.72. The van der Waals surface area contributed by atoms with E-state index in [0.29, 0.717) is 0 Å². The molecule has 0 radical (unpaired) electrons. The first kappa shape index (κ1) is 7.56. The van der Waals surface area contributed by atoms with Crippen LogP contribution in [0.25, 0.3) is 17.3 Å². The Kier molecular flexibility index (Phi) is 1.53. The fourth-order valence-corrected chi connectivity index (χ4v) is 1.73. The predicted molar refractivity (Wildman–Crippen MR) is 56.7 cm³/mol. The van der Waals surface area contributed by atoms with Crippen LogP contribution in [-0.4, -0.2) is 9.55 Å².